The van der Waals surface area contributed by atoms with Gasteiger partial charge in [0.1, 0.15) is 0 Å². The number of hydrogen-bond donors (Lipinski definition) is 2. The molecule has 0 radical (unpaired) electrons. The molecule has 1 amide bonds. The van der Waals surface area contributed by atoms with E-state index < -0.39 is 15.9 Å². The number of carbonyl (C=O) groups excluding carboxylic acids is 1. The Morgan fingerprint density at radius 1 is 1.20 bits per heavy atom. The third-order valence-corrected chi connectivity index (χ3v) is 4.22. The second-order valence-electron chi connectivity index (χ2n) is 5.22. The first-order valence-electron chi connectivity index (χ1n) is 7.42. The number of hydrogen-bond acceptors (Lipinski definition) is 5. The molecule has 0 spiro atoms. The van der Waals surface area contributed by atoms with Gasteiger partial charge in [-0.15, -0.1) is 0 Å². The monoisotopic (exact) mass is 361 g/mol. The van der Waals surface area contributed by atoms with E-state index in [4.69, 9.17) is 4.74 Å². The number of aryl methyl sites for hydroxylation is 1. The zero-order valence-electron chi connectivity index (χ0n) is 13.9. The Kier molecular flexibility index (Phi) is 6.26. The van der Waals surface area contributed by atoms with E-state index in [-0.39, 0.29) is 6.54 Å². The molecule has 132 valence electrons. The molecule has 0 aliphatic carbocycles. The molecule has 0 aliphatic heterocycles. The van der Waals surface area contributed by atoms with Gasteiger partial charge in [0.25, 0.3) is 0 Å². The number of nitrogens with zero attached hydrogens (tertiary/aromatic N) is 1. The van der Waals surface area contributed by atoms with Crippen LogP contribution in [0.4, 0.5) is 5.69 Å². The maximum absolute atomic E-state index is 11.9. The Morgan fingerprint density at radius 3 is 2.52 bits per heavy atom. The van der Waals surface area contributed by atoms with Gasteiger partial charge in [0.2, 0.25) is 21.8 Å². The van der Waals surface area contributed by atoms with E-state index in [9.17, 15) is 13.2 Å². The molecule has 0 saturated heterocycles. The largest absolute Gasteiger partial charge is 0.481 e. The first kappa shape index (κ1) is 18.6. The Morgan fingerprint density at radius 2 is 1.92 bits per heavy atom. The lowest BCUT2D eigenvalue weighted by molar-refractivity contribution is -0.115. The summed E-state index contributed by atoms with van der Waals surface area (Å²) in [5.41, 5.74) is 2.28. The van der Waals surface area contributed by atoms with E-state index in [2.05, 4.69) is 15.0 Å². The van der Waals surface area contributed by atoms with E-state index in [1.165, 1.54) is 19.4 Å². The van der Waals surface area contributed by atoms with Gasteiger partial charge in [-0.05, 0) is 24.6 Å². The third-order valence-electron chi connectivity index (χ3n) is 3.18. The van der Waals surface area contributed by atoms with Crippen molar-refractivity contribution >= 4 is 27.7 Å². The third kappa shape index (κ3) is 6.36. The quantitative estimate of drug-likeness (QED) is 0.785. The number of amides is 1. The Bertz CT molecular complexity index is 844. The van der Waals surface area contributed by atoms with Crippen LogP contribution in [0.15, 0.2) is 48.0 Å². The number of carbonyl (C=O) groups is 1. The normalized spacial score (nSPS) is 11.4. The molecule has 0 fully saturated rings. The fraction of sp³-hybridized carbons (Fsp3) is 0.176. The highest BCUT2D eigenvalue weighted by Gasteiger charge is 2.09. The number of rotatable bonds is 7. The maximum atomic E-state index is 11.9. The van der Waals surface area contributed by atoms with Crippen LogP contribution in [-0.4, -0.2) is 33.0 Å². The molecule has 0 atom stereocenters. The van der Waals surface area contributed by atoms with E-state index in [1.807, 2.05) is 31.2 Å². The number of sulfonamides is 1. The van der Waals surface area contributed by atoms with E-state index in [0.29, 0.717) is 11.6 Å². The van der Waals surface area contributed by atoms with Crippen molar-refractivity contribution in [3.05, 3.63) is 59.1 Å². The summed E-state index contributed by atoms with van der Waals surface area (Å²) in [5.74, 6) is -0.0841. The lowest BCUT2D eigenvalue weighted by atomic mass is 10.2. The molecule has 0 saturated carbocycles. The van der Waals surface area contributed by atoms with Gasteiger partial charge in [0.15, 0.2) is 0 Å². The molecule has 0 unspecified atom stereocenters. The van der Waals surface area contributed by atoms with Gasteiger partial charge in [-0.25, -0.2) is 18.1 Å². The van der Waals surface area contributed by atoms with Crippen LogP contribution < -0.4 is 14.8 Å². The molecule has 2 rings (SSSR count). The zero-order chi connectivity index (χ0) is 18.3. The summed E-state index contributed by atoms with van der Waals surface area (Å²) in [4.78, 5) is 15.7. The topological polar surface area (TPSA) is 97.4 Å². The number of anilines is 1. The van der Waals surface area contributed by atoms with Gasteiger partial charge in [-0.3, -0.25) is 4.79 Å². The lowest BCUT2D eigenvalue weighted by Gasteiger charge is -2.06. The van der Waals surface area contributed by atoms with Crippen LogP contribution in [0.25, 0.3) is 6.08 Å². The van der Waals surface area contributed by atoms with Crippen molar-refractivity contribution in [2.45, 2.75) is 6.92 Å². The van der Waals surface area contributed by atoms with E-state index in [1.54, 1.807) is 12.1 Å². The molecular formula is C17H19N3O4S. The standard InChI is InChI=1S/C17H19N3O4S/c1-13-3-5-14(6-4-13)9-10-25(22,23)19-12-16(21)20-15-7-8-17(24-2)18-11-15/h3-11,19H,12H2,1-2H3,(H,20,21)/b10-9+. The number of aromatic nitrogens is 1. The van der Waals surface area contributed by atoms with E-state index in [0.717, 1.165) is 16.5 Å². The molecular weight excluding hydrogens is 342 g/mol. The molecule has 7 nitrogen and oxygen atoms in total. The van der Waals surface area contributed by atoms with Crippen LogP contribution in [0.5, 0.6) is 5.88 Å². The van der Waals surface area contributed by atoms with Crippen molar-refractivity contribution < 1.29 is 17.9 Å². The maximum Gasteiger partial charge on any atom is 0.239 e. The van der Waals surface area contributed by atoms with Crippen LogP contribution in [0, 0.1) is 6.92 Å². The van der Waals surface area contributed by atoms with Crippen LogP contribution >= 0.6 is 0 Å². The average molecular weight is 361 g/mol. The number of nitrogens with one attached hydrogen (secondary N) is 2. The predicted octanol–water partition coefficient (Wildman–Crippen LogP) is 1.93. The van der Waals surface area contributed by atoms with Crippen molar-refractivity contribution in [2.75, 3.05) is 19.0 Å². The SMILES string of the molecule is COc1ccc(NC(=O)CNS(=O)(=O)/C=C/c2ccc(C)cc2)cn1. The summed E-state index contributed by atoms with van der Waals surface area (Å²) in [6, 6.07) is 10.6. The average Bonchev–Trinajstić information content (AvgIpc) is 2.60. The van der Waals surface area contributed by atoms with Crippen LogP contribution in [0.1, 0.15) is 11.1 Å². The minimum Gasteiger partial charge on any atom is -0.481 e. The molecule has 1 aromatic heterocycles. The van der Waals surface area contributed by atoms with Crippen molar-refractivity contribution in [1.29, 1.82) is 0 Å². The first-order valence-corrected chi connectivity index (χ1v) is 8.97. The Hall–Kier alpha value is -2.71. The lowest BCUT2D eigenvalue weighted by Crippen LogP contribution is -2.31. The van der Waals surface area contributed by atoms with Gasteiger partial charge >= 0.3 is 0 Å². The second kappa shape index (κ2) is 8.41. The summed E-state index contributed by atoms with van der Waals surface area (Å²) in [7, 11) is -2.23. The molecule has 0 bridgehead atoms. The van der Waals surface area contributed by atoms with Crippen molar-refractivity contribution in [3.8, 4) is 5.88 Å². The summed E-state index contributed by atoms with van der Waals surface area (Å²) >= 11 is 0. The minimum absolute atomic E-state index is 0.382. The molecule has 2 aromatic rings. The molecule has 2 N–H and O–H groups in total. The van der Waals surface area contributed by atoms with Gasteiger partial charge in [0.05, 0.1) is 25.5 Å². The number of benzene rings is 1. The Balaban J connectivity index is 1.87. The number of ether oxygens (including phenoxy) is 1. The van der Waals surface area contributed by atoms with Crippen LogP contribution in [0.3, 0.4) is 0 Å². The number of methoxy groups -OCH3 is 1. The fourth-order valence-electron chi connectivity index (χ4n) is 1.84. The highest BCUT2D eigenvalue weighted by atomic mass is 32.2. The predicted molar refractivity (Wildman–Crippen MR) is 96.6 cm³/mol. The van der Waals surface area contributed by atoms with Crippen molar-refractivity contribution in [1.82, 2.24) is 9.71 Å². The van der Waals surface area contributed by atoms with Crippen LogP contribution in [0.2, 0.25) is 0 Å². The van der Waals surface area contributed by atoms with Crippen LogP contribution in [-0.2, 0) is 14.8 Å². The fourth-order valence-corrected chi connectivity index (χ4v) is 2.60. The smallest absolute Gasteiger partial charge is 0.239 e. The second-order valence-corrected chi connectivity index (χ2v) is 6.87. The molecule has 8 heteroatoms. The molecule has 0 aliphatic rings. The van der Waals surface area contributed by atoms with Crippen molar-refractivity contribution in [3.63, 3.8) is 0 Å². The highest BCUT2D eigenvalue weighted by molar-refractivity contribution is 7.92. The summed E-state index contributed by atoms with van der Waals surface area (Å²) in [6.07, 6.45) is 2.88. The Labute approximate surface area is 146 Å². The summed E-state index contributed by atoms with van der Waals surface area (Å²) < 4.78 is 30.9. The summed E-state index contributed by atoms with van der Waals surface area (Å²) in [5, 5.41) is 3.57. The minimum atomic E-state index is -3.71. The van der Waals surface area contributed by atoms with Gasteiger partial charge < -0.3 is 10.1 Å². The zero-order valence-corrected chi connectivity index (χ0v) is 14.7. The van der Waals surface area contributed by atoms with Crippen molar-refractivity contribution in [2.24, 2.45) is 0 Å². The molecule has 1 heterocycles. The summed E-state index contributed by atoms with van der Waals surface area (Å²) in [6.45, 7) is 1.56. The van der Waals surface area contributed by atoms with Gasteiger partial charge in [-0.2, -0.15) is 0 Å². The highest BCUT2D eigenvalue weighted by Crippen LogP contribution is 2.10. The van der Waals surface area contributed by atoms with E-state index >= 15 is 0 Å². The molecule has 25 heavy (non-hydrogen) atoms. The number of pyridine rings is 1. The first-order chi connectivity index (χ1) is 11.9. The van der Waals surface area contributed by atoms with Gasteiger partial charge in [0, 0.05) is 11.5 Å². The molecule has 1 aromatic carbocycles. The van der Waals surface area contributed by atoms with Gasteiger partial charge in [-0.1, -0.05) is 29.8 Å².